The molecule has 0 unspecified atom stereocenters. The molecule has 0 aliphatic carbocycles. The zero-order valence-corrected chi connectivity index (χ0v) is 19.1. The van der Waals surface area contributed by atoms with E-state index in [1.54, 1.807) is 12.3 Å². The number of allylic oxidation sites excluding steroid dienone is 2. The maximum atomic E-state index is 11.4. The zero-order valence-electron chi connectivity index (χ0n) is 19.1. The van der Waals surface area contributed by atoms with Crippen molar-refractivity contribution in [2.45, 2.75) is 48.5 Å². The van der Waals surface area contributed by atoms with Crippen molar-refractivity contribution in [3.05, 3.63) is 53.8 Å². The minimum Gasteiger partial charge on any atom is -0.491 e. The number of carbonyl (C=O) groups excluding carboxylic acids is 1. The van der Waals surface area contributed by atoms with Crippen LogP contribution >= 0.6 is 0 Å². The Kier molecular flexibility index (Phi) is 15.1. The van der Waals surface area contributed by atoms with Gasteiger partial charge in [0, 0.05) is 17.7 Å². The quantitative estimate of drug-likeness (QED) is 0.390. The van der Waals surface area contributed by atoms with Crippen LogP contribution in [0, 0.1) is 11.8 Å². The van der Waals surface area contributed by atoms with E-state index >= 15 is 0 Å². The summed E-state index contributed by atoms with van der Waals surface area (Å²) in [4.78, 5) is 15.7. The van der Waals surface area contributed by atoms with Gasteiger partial charge in [-0.1, -0.05) is 48.5 Å². The number of ketones is 1. The van der Waals surface area contributed by atoms with Gasteiger partial charge >= 0.3 is 0 Å². The maximum absolute atomic E-state index is 11.4. The van der Waals surface area contributed by atoms with Crippen molar-refractivity contribution in [1.29, 1.82) is 0 Å². The molecule has 1 aliphatic rings. The molecule has 0 bridgehead atoms. The third-order valence-electron chi connectivity index (χ3n) is 3.26. The number of benzene rings is 1. The van der Waals surface area contributed by atoms with Crippen LogP contribution in [0.2, 0.25) is 0 Å². The highest BCUT2D eigenvalue weighted by molar-refractivity contribution is 5.82. The van der Waals surface area contributed by atoms with Crippen molar-refractivity contribution in [3.63, 3.8) is 0 Å². The average molecular weight is 400 g/mol. The van der Waals surface area contributed by atoms with Gasteiger partial charge in [-0.2, -0.15) is 0 Å². The maximum Gasteiger partial charge on any atom is 0.160 e. The number of hydrogen-bond acceptors (Lipinski definition) is 4. The standard InChI is InChI=1S/C19H21NO3.C4H10.C2H6/c1-15(2)19(21)14-22-12-13-23-17-9-7-16(8-10-17)18-6-4-3-5-11-20-18;1-4(2)3;1-2/h4-11,15H,12-14H2,1-2H3;4H,1-3H3;1-2H3. The average Bonchev–Trinajstić information content (AvgIpc) is 2.98. The minimum atomic E-state index is 0.00876. The summed E-state index contributed by atoms with van der Waals surface area (Å²) >= 11 is 0. The van der Waals surface area contributed by atoms with Gasteiger partial charge in [0.1, 0.15) is 19.0 Å². The van der Waals surface area contributed by atoms with E-state index in [4.69, 9.17) is 9.47 Å². The van der Waals surface area contributed by atoms with Crippen molar-refractivity contribution >= 4 is 17.7 Å². The van der Waals surface area contributed by atoms with E-state index in [2.05, 4.69) is 31.5 Å². The van der Waals surface area contributed by atoms with Crippen molar-refractivity contribution in [1.82, 2.24) is 0 Å². The molecule has 0 saturated heterocycles. The fourth-order valence-electron chi connectivity index (χ4n) is 1.84. The number of hydrogen-bond donors (Lipinski definition) is 0. The summed E-state index contributed by atoms with van der Waals surface area (Å²) in [5, 5.41) is 0. The Bertz CT molecular complexity index is 689. The molecule has 1 aromatic carbocycles. The van der Waals surface area contributed by atoms with Gasteiger partial charge in [0.25, 0.3) is 0 Å². The molecule has 160 valence electrons. The predicted molar refractivity (Wildman–Crippen MR) is 124 cm³/mol. The molecule has 0 N–H and O–H groups in total. The Labute approximate surface area is 177 Å². The second-order valence-corrected chi connectivity index (χ2v) is 7.11. The van der Waals surface area contributed by atoms with Gasteiger partial charge in [0.05, 0.1) is 12.3 Å². The van der Waals surface area contributed by atoms with E-state index in [0.717, 1.165) is 22.9 Å². The molecule has 29 heavy (non-hydrogen) atoms. The summed E-state index contributed by atoms with van der Waals surface area (Å²) in [5.41, 5.74) is 4.87. The Balaban J connectivity index is 0.00000116. The summed E-state index contributed by atoms with van der Waals surface area (Å²) in [6.45, 7) is 15.2. The molecule has 1 heterocycles. The molecule has 0 saturated carbocycles. The van der Waals surface area contributed by atoms with Crippen molar-refractivity contribution in [2.24, 2.45) is 16.8 Å². The van der Waals surface area contributed by atoms with Crippen LogP contribution in [0.1, 0.15) is 54.0 Å². The Morgan fingerprint density at radius 1 is 1.00 bits per heavy atom. The van der Waals surface area contributed by atoms with Gasteiger partial charge in [-0.3, -0.25) is 9.79 Å². The van der Waals surface area contributed by atoms with Crippen molar-refractivity contribution in [3.8, 4) is 5.75 Å². The van der Waals surface area contributed by atoms with Crippen LogP contribution in [0.4, 0.5) is 0 Å². The second kappa shape index (κ2) is 16.5. The minimum absolute atomic E-state index is 0.00876. The van der Waals surface area contributed by atoms with Crippen LogP contribution in [-0.2, 0) is 9.53 Å². The highest BCUT2D eigenvalue weighted by atomic mass is 16.5. The molecule has 0 amide bonds. The molecule has 2 rings (SSSR count). The predicted octanol–water partition coefficient (Wildman–Crippen LogP) is 6.13. The van der Waals surface area contributed by atoms with Crippen molar-refractivity contribution in [2.75, 3.05) is 19.8 Å². The second-order valence-electron chi connectivity index (χ2n) is 7.11. The summed E-state index contributed by atoms with van der Waals surface area (Å²) in [6, 6.07) is 7.71. The lowest BCUT2D eigenvalue weighted by Crippen LogP contribution is -2.17. The summed E-state index contributed by atoms with van der Waals surface area (Å²) in [7, 11) is 0. The topological polar surface area (TPSA) is 47.9 Å². The van der Waals surface area contributed by atoms with Crippen LogP contribution in [0.25, 0.3) is 5.70 Å². The Morgan fingerprint density at radius 3 is 2.21 bits per heavy atom. The van der Waals surface area contributed by atoms with Crippen LogP contribution in [0.3, 0.4) is 0 Å². The van der Waals surface area contributed by atoms with E-state index < -0.39 is 0 Å². The highest BCUT2D eigenvalue weighted by Crippen LogP contribution is 2.20. The largest absolute Gasteiger partial charge is 0.491 e. The van der Waals surface area contributed by atoms with Gasteiger partial charge in [-0.15, -0.1) is 5.73 Å². The van der Waals surface area contributed by atoms with Crippen LogP contribution in [-0.4, -0.2) is 31.8 Å². The molecule has 1 aliphatic heterocycles. The Morgan fingerprint density at radius 2 is 1.62 bits per heavy atom. The molecule has 0 fully saturated rings. The van der Waals surface area contributed by atoms with Gasteiger partial charge in [-0.25, -0.2) is 0 Å². The van der Waals surface area contributed by atoms with Gasteiger partial charge < -0.3 is 9.47 Å². The Hall–Kier alpha value is -2.42. The summed E-state index contributed by atoms with van der Waals surface area (Å²) in [6.07, 6.45) is 7.23. The first-order valence-corrected chi connectivity index (χ1v) is 10.4. The first kappa shape index (κ1) is 26.6. The van der Waals surface area contributed by atoms with E-state index in [1.165, 1.54) is 0 Å². The van der Waals surface area contributed by atoms with E-state index in [0.29, 0.717) is 13.2 Å². The lowest BCUT2D eigenvalue weighted by atomic mass is 10.1. The summed E-state index contributed by atoms with van der Waals surface area (Å²) < 4.78 is 10.9. The van der Waals surface area contributed by atoms with Crippen molar-refractivity contribution < 1.29 is 14.3 Å². The van der Waals surface area contributed by atoms with Gasteiger partial charge in [-0.05, 0) is 48.4 Å². The molecule has 0 radical (unpaired) electrons. The van der Waals surface area contributed by atoms with Crippen LogP contribution < -0.4 is 4.74 Å². The van der Waals surface area contributed by atoms with E-state index in [9.17, 15) is 4.79 Å². The fraction of sp³-hybridized carbons (Fsp3) is 0.480. The normalized spacial score (nSPS) is 11.8. The third-order valence-corrected chi connectivity index (χ3v) is 3.26. The monoisotopic (exact) mass is 399 g/mol. The van der Waals surface area contributed by atoms with Crippen LogP contribution in [0.5, 0.6) is 5.75 Å². The lowest BCUT2D eigenvalue weighted by molar-refractivity contribution is -0.126. The van der Waals surface area contributed by atoms with E-state index in [-0.39, 0.29) is 18.3 Å². The first-order valence-electron chi connectivity index (χ1n) is 10.4. The molecule has 1 aromatic rings. The molecular formula is C25H37NO3. The number of rotatable bonds is 8. The van der Waals surface area contributed by atoms with Crippen LogP contribution in [0.15, 0.2) is 53.2 Å². The summed E-state index contributed by atoms with van der Waals surface area (Å²) in [5.74, 6) is 1.71. The van der Waals surface area contributed by atoms with E-state index in [1.807, 2.05) is 64.1 Å². The molecule has 4 heteroatoms. The number of nitrogens with zero attached hydrogens (tertiary/aromatic N) is 1. The first-order chi connectivity index (χ1) is 13.9. The van der Waals surface area contributed by atoms with Gasteiger partial charge in [0.15, 0.2) is 5.78 Å². The lowest BCUT2D eigenvalue weighted by Gasteiger charge is -2.09. The zero-order chi connectivity index (χ0) is 22.1. The molecule has 0 aromatic heterocycles. The third kappa shape index (κ3) is 13.4. The molecule has 0 atom stereocenters. The number of Topliss-reactive ketones (excluding diaryl/α,β-unsaturated/α-hetero) is 1. The number of carbonyl (C=O) groups is 1. The van der Waals surface area contributed by atoms with Gasteiger partial charge in [0.2, 0.25) is 0 Å². The molecule has 0 spiro atoms. The number of aliphatic imine (C=N–C) groups is 1. The smallest absolute Gasteiger partial charge is 0.160 e. The number of ether oxygens (including phenoxy) is 2. The molecule has 4 nitrogen and oxygen atoms in total. The molecular weight excluding hydrogens is 362 g/mol. The SMILES string of the molecule is CC.CC(C)C.CC(C)C(=O)COCCOc1ccc(C2=CC=C=CC=N2)cc1. The highest BCUT2D eigenvalue weighted by Gasteiger charge is 2.06. The fourth-order valence-corrected chi connectivity index (χ4v) is 1.84.